The number of benzene rings is 2. The molecule has 1 aliphatic carbocycles. The van der Waals surface area contributed by atoms with Gasteiger partial charge in [0.15, 0.2) is 0 Å². The van der Waals surface area contributed by atoms with Crippen LogP contribution in [0.2, 0.25) is 0 Å². The maximum atomic E-state index is 10.8. The molecule has 0 radical (unpaired) electrons. The summed E-state index contributed by atoms with van der Waals surface area (Å²) in [6.45, 7) is 6.11. The lowest BCUT2D eigenvalue weighted by atomic mass is 9.92. The second kappa shape index (κ2) is 3.69. The van der Waals surface area contributed by atoms with Gasteiger partial charge in [0.25, 0.3) is 0 Å². The van der Waals surface area contributed by atoms with Gasteiger partial charge < -0.3 is 5.11 Å². The third-order valence-electron chi connectivity index (χ3n) is 4.01. The summed E-state index contributed by atoms with van der Waals surface area (Å²) in [6.07, 6.45) is 0.999. The Hall–Kier alpha value is -1.60. The summed E-state index contributed by atoms with van der Waals surface area (Å²) >= 11 is 0. The molecule has 0 bridgehead atoms. The zero-order valence-corrected chi connectivity index (χ0v) is 11.1. The van der Waals surface area contributed by atoms with Crippen molar-refractivity contribution in [3.63, 3.8) is 0 Å². The fourth-order valence-corrected chi connectivity index (χ4v) is 2.89. The Morgan fingerprint density at radius 1 is 1.00 bits per heavy atom. The Labute approximate surface area is 108 Å². The fraction of sp³-hybridized carbons (Fsp3) is 0.294. The minimum absolute atomic E-state index is 0.859. The van der Waals surface area contributed by atoms with Gasteiger partial charge in [0.05, 0.1) is 0 Å². The standard InChI is InChI=1S/C17H18O/c1-4-12-6-8-14-13-7-5-11(2)9-15(13)17(3,18)16(14)10-12/h5-10,18H,4H2,1-3H3/t17-/m1/s1. The van der Waals surface area contributed by atoms with E-state index in [1.807, 2.05) is 6.92 Å². The van der Waals surface area contributed by atoms with Crippen molar-refractivity contribution in [3.05, 3.63) is 58.7 Å². The van der Waals surface area contributed by atoms with E-state index in [9.17, 15) is 5.11 Å². The lowest BCUT2D eigenvalue weighted by Crippen LogP contribution is -2.19. The predicted octanol–water partition coefficient (Wildman–Crippen LogP) is 3.79. The van der Waals surface area contributed by atoms with E-state index < -0.39 is 5.60 Å². The van der Waals surface area contributed by atoms with Gasteiger partial charge in [0.1, 0.15) is 5.60 Å². The van der Waals surface area contributed by atoms with E-state index in [1.165, 1.54) is 22.3 Å². The predicted molar refractivity (Wildman–Crippen MR) is 74.7 cm³/mol. The van der Waals surface area contributed by atoms with E-state index in [-0.39, 0.29) is 0 Å². The van der Waals surface area contributed by atoms with Crippen molar-refractivity contribution in [2.24, 2.45) is 0 Å². The molecule has 0 saturated carbocycles. The van der Waals surface area contributed by atoms with Crippen LogP contribution in [0.25, 0.3) is 11.1 Å². The van der Waals surface area contributed by atoms with Crippen LogP contribution in [-0.4, -0.2) is 5.11 Å². The Bertz CT molecular complexity index is 624. The van der Waals surface area contributed by atoms with Crippen molar-refractivity contribution >= 4 is 0 Å². The van der Waals surface area contributed by atoms with Crippen molar-refractivity contribution in [2.45, 2.75) is 32.8 Å². The van der Waals surface area contributed by atoms with Crippen molar-refractivity contribution < 1.29 is 5.11 Å². The highest BCUT2D eigenvalue weighted by molar-refractivity contribution is 5.80. The smallest absolute Gasteiger partial charge is 0.113 e. The molecule has 0 saturated heterocycles. The molecule has 0 heterocycles. The monoisotopic (exact) mass is 238 g/mol. The summed E-state index contributed by atoms with van der Waals surface area (Å²) in [5, 5.41) is 10.8. The molecule has 0 fully saturated rings. The summed E-state index contributed by atoms with van der Waals surface area (Å²) < 4.78 is 0. The number of aliphatic hydroxyl groups is 1. The molecule has 0 unspecified atom stereocenters. The molecule has 2 aromatic carbocycles. The quantitative estimate of drug-likeness (QED) is 0.801. The molecular formula is C17H18O. The van der Waals surface area contributed by atoms with Gasteiger partial charge in [-0.05, 0) is 48.1 Å². The lowest BCUT2D eigenvalue weighted by molar-refractivity contribution is 0.107. The van der Waals surface area contributed by atoms with Gasteiger partial charge in [-0.1, -0.05) is 48.9 Å². The van der Waals surface area contributed by atoms with E-state index in [2.05, 4.69) is 50.2 Å². The van der Waals surface area contributed by atoms with Crippen LogP contribution in [0, 0.1) is 6.92 Å². The van der Waals surface area contributed by atoms with E-state index >= 15 is 0 Å². The third kappa shape index (κ3) is 1.44. The van der Waals surface area contributed by atoms with Gasteiger partial charge in [-0.2, -0.15) is 0 Å². The first-order valence-corrected chi connectivity index (χ1v) is 6.51. The van der Waals surface area contributed by atoms with Crippen molar-refractivity contribution in [2.75, 3.05) is 0 Å². The molecular weight excluding hydrogens is 220 g/mol. The molecule has 1 aliphatic rings. The van der Waals surface area contributed by atoms with Gasteiger partial charge in [-0.25, -0.2) is 0 Å². The Morgan fingerprint density at radius 2 is 1.61 bits per heavy atom. The minimum atomic E-state index is -0.859. The SMILES string of the molecule is CCc1ccc2c(c1)[C@](C)(O)c1cc(C)ccc1-2. The van der Waals surface area contributed by atoms with Crippen LogP contribution < -0.4 is 0 Å². The first-order chi connectivity index (χ1) is 8.54. The summed E-state index contributed by atoms with van der Waals surface area (Å²) in [5.41, 5.74) is 6.03. The average molecular weight is 238 g/mol. The van der Waals surface area contributed by atoms with Crippen LogP contribution in [0.15, 0.2) is 36.4 Å². The molecule has 0 aliphatic heterocycles. The van der Waals surface area contributed by atoms with Crippen LogP contribution in [0.3, 0.4) is 0 Å². The molecule has 1 heteroatoms. The molecule has 0 amide bonds. The van der Waals surface area contributed by atoms with E-state index in [1.54, 1.807) is 0 Å². The maximum absolute atomic E-state index is 10.8. The second-order valence-electron chi connectivity index (χ2n) is 5.35. The number of rotatable bonds is 1. The van der Waals surface area contributed by atoms with E-state index in [0.717, 1.165) is 17.5 Å². The van der Waals surface area contributed by atoms with Crippen molar-refractivity contribution in [3.8, 4) is 11.1 Å². The van der Waals surface area contributed by atoms with Crippen LogP contribution in [0.4, 0.5) is 0 Å². The molecule has 3 rings (SSSR count). The second-order valence-corrected chi connectivity index (χ2v) is 5.35. The largest absolute Gasteiger partial charge is 0.381 e. The third-order valence-corrected chi connectivity index (χ3v) is 4.01. The molecule has 0 aromatic heterocycles. The van der Waals surface area contributed by atoms with E-state index in [4.69, 9.17) is 0 Å². The van der Waals surface area contributed by atoms with Gasteiger partial charge in [-0.15, -0.1) is 0 Å². The first kappa shape index (κ1) is 11.5. The number of aryl methyl sites for hydroxylation is 2. The molecule has 1 atom stereocenters. The fourth-order valence-electron chi connectivity index (χ4n) is 2.89. The van der Waals surface area contributed by atoms with Gasteiger partial charge >= 0.3 is 0 Å². The Kier molecular flexibility index (Phi) is 2.36. The van der Waals surface area contributed by atoms with Crippen molar-refractivity contribution in [1.82, 2.24) is 0 Å². The summed E-state index contributed by atoms with van der Waals surface area (Å²) in [5.74, 6) is 0. The molecule has 0 spiro atoms. The number of hydrogen-bond acceptors (Lipinski definition) is 1. The van der Waals surface area contributed by atoms with Crippen LogP contribution in [-0.2, 0) is 12.0 Å². The molecule has 1 nitrogen and oxygen atoms in total. The van der Waals surface area contributed by atoms with Gasteiger partial charge in [0, 0.05) is 0 Å². The topological polar surface area (TPSA) is 20.2 Å². The van der Waals surface area contributed by atoms with Crippen molar-refractivity contribution in [1.29, 1.82) is 0 Å². The maximum Gasteiger partial charge on any atom is 0.113 e. The first-order valence-electron chi connectivity index (χ1n) is 6.51. The lowest BCUT2D eigenvalue weighted by Gasteiger charge is -2.20. The molecule has 2 aromatic rings. The van der Waals surface area contributed by atoms with E-state index in [0.29, 0.717) is 0 Å². The molecule has 92 valence electrons. The number of hydrogen-bond donors (Lipinski definition) is 1. The number of fused-ring (bicyclic) bond motifs is 3. The molecule has 1 N–H and O–H groups in total. The Morgan fingerprint density at radius 3 is 2.28 bits per heavy atom. The van der Waals surface area contributed by atoms with Gasteiger partial charge in [0.2, 0.25) is 0 Å². The highest BCUT2D eigenvalue weighted by Gasteiger charge is 2.37. The Balaban J connectivity index is 2.31. The highest BCUT2D eigenvalue weighted by Crippen LogP contribution is 2.47. The highest BCUT2D eigenvalue weighted by atomic mass is 16.3. The summed E-state index contributed by atoms with van der Waals surface area (Å²) in [4.78, 5) is 0. The summed E-state index contributed by atoms with van der Waals surface area (Å²) in [7, 11) is 0. The zero-order chi connectivity index (χ0) is 12.9. The normalized spacial score (nSPS) is 20.7. The van der Waals surface area contributed by atoms with Gasteiger partial charge in [-0.3, -0.25) is 0 Å². The molecule has 18 heavy (non-hydrogen) atoms. The zero-order valence-electron chi connectivity index (χ0n) is 11.1. The van der Waals surface area contributed by atoms with Crippen LogP contribution in [0.1, 0.15) is 36.1 Å². The van der Waals surface area contributed by atoms with Crippen LogP contribution >= 0.6 is 0 Å². The summed E-state index contributed by atoms with van der Waals surface area (Å²) in [6, 6.07) is 12.8. The average Bonchev–Trinajstić information content (AvgIpc) is 2.58. The van der Waals surface area contributed by atoms with Crippen LogP contribution in [0.5, 0.6) is 0 Å². The minimum Gasteiger partial charge on any atom is -0.381 e.